The number of benzene rings is 1. The number of nitrogens with one attached hydrogen (secondary N) is 2. The molecule has 1 aromatic rings. The molecule has 5 nitrogen and oxygen atoms in total. The Morgan fingerprint density at radius 3 is 2.72 bits per heavy atom. The molecule has 0 aromatic heterocycles. The van der Waals surface area contributed by atoms with Gasteiger partial charge >= 0.3 is 12.0 Å². The normalized spacial score (nSPS) is 14.7. The fraction of sp³-hybridized carbons (Fsp3) is 0.385. The van der Waals surface area contributed by atoms with Crippen molar-refractivity contribution < 1.29 is 14.7 Å². The largest absolute Gasteiger partial charge is 0.478 e. The monoisotopic (exact) mass is 248 g/mol. The summed E-state index contributed by atoms with van der Waals surface area (Å²) in [5.41, 5.74) is 0.646. The third-order valence-corrected chi connectivity index (χ3v) is 3.14. The smallest absolute Gasteiger partial charge is 0.335 e. The van der Waals surface area contributed by atoms with Gasteiger partial charge in [0.1, 0.15) is 0 Å². The second-order valence-electron chi connectivity index (χ2n) is 4.52. The molecule has 96 valence electrons. The van der Waals surface area contributed by atoms with E-state index >= 15 is 0 Å². The van der Waals surface area contributed by atoms with Crippen LogP contribution in [-0.4, -0.2) is 23.7 Å². The number of aromatic carboxylic acids is 1. The highest BCUT2D eigenvalue weighted by molar-refractivity contribution is 5.93. The van der Waals surface area contributed by atoms with Crippen molar-refractivity contribution in [3.63, 3.8) is 0 Å². The highest BCUT2D eigenvalue weighted by Gasteiger charge is 2.17. The first kappa shape index (κ1) is 12.4. The molecule has 0 saturated heterocycles. The van der Waals surface area contributed by atoms with E-state index < -0.39 is 5.97 Å². The zero-order chi connectivity index (χ0) is 13.0. The maximum absolute atomic E-state index is 11.6. The van der Waals surface area contributed by atoms with Crippen LogP contribution in [0.2, 0.25) is 0 Å². The van der Waals surface area contributed by atoms with Crippen molar-refractivity contribution in [1.82, 2.24) is 5.32 Å². The summed E-state index contributed by atoms with van der Waals surface area (Å²) in [5.74, 6) is -0.408. The molecule has 0 heterocycles. The minimum Gasteiger partial charge on any atom is -0.478 e. The Balaban J connectivity index is 1.85. The van der Waals surface area contributed by atoms with Gasteiger partial charge in [-0.25, -0.2) is 9.59 Å². The number of hydrogen-bond acceptors (Lipinski definition) is 2. The van der Waals surface area contributed by atoms with E-state index in [0.717, 1.165) is 0 Å². The van der Waals surface area contributed by atoms with Gasteiger partial charge in [0, 0.05) is 12.2 Å². The van der Waals surface area contributed by atoms with Gasteiger partial charge in [0.25, 0.3) is 0 Å². The molecular formula is C13H16N2O3. The molecule has 1 aliphatic rings. The van der Waals surface area contributed by atoms with E-state index in [2.05, 4.69) is 10.6 Å². The van der Waals surface area contributed by atoms with E-state index in [0.29, 0.717) is 18.2 Å². The van der Waals surface area contributed by atoms with Gasteiger partial charge in [0.05, 0.1) is 5.56 Å². The topological polar surface area (TPSA) is 78.4 Å². The van der Waals surface area contributed by atoms with Crippen LogP contribution in [-0.2, 0) is 0 Å². The fourth-order valence-corrected chi connectivity index (χ4v) is 1.84. The summed E-state index contributed by atoms with van der Waals surface area (Å²) in [7, 11) is 0. The molecule has 0 bridgehead atoms. The van der Waals surface area contributed by atoms with Gasteiger partial charge in [-0.3, -0.25) is 0 Å². The quantitative estimate of drug-likeness (QED) is 0.765. The van der Waals surface area contributed by atoms with Crippen molar-refractivity contribution in [3.05, 3.63) is 29.8 Å². The van der Waals surface area contributed by atoms with Crippen LogP contribution in [0.3, 0.4) is 0 Å². The lowest BCUT2D eigenvalue weighted by molar-refractivity contribution is 0.0697. The molecule has 1 saturated carbocycles. The predicted octanol–water partition coefficient (Wildman–Crippen LogP) is 2.31. The number of carbonyl (C=O) groups is 2. The molecule has 5 heteroatoms. The summed E-state index contributed by atoms with van der Waals surface area (Å²) >= 11 is 0. The van der Waals surface area contributed by atoms with Crippen molar-refractivity contribution in [2.45, 2.75) is 19.3 Å². The molecule has 0 radical (unpaired) electrons. The third-order valence-electron chi connectivity index (χ3n) is 3.14. The first-order valence-electron chi connectivity index (χ1n) is 6.03. The number of amides is 2. The van der Waals surface area contributed by atoms with Gasteiger partial charge in [-0.15, -0.1) is 0 Å². The van der Waals surface area contributed by atoms with Gasteiger partial charge in [0.15, 0.2) is 0 Å². The van der Waals surface area contributed by atoms with Gasteiger partial charge in [-0.05, 0) is 37.0 Å². The molecule has 2 amide bonds. The number of anilines is 1. The van der Waals surface area contributed by atoms with E-state index in [1.54, 1.807) is 12.1 Å². The van der Waals surface area contributed by atoms with Crippen molar-refractivity contribution in [2.75, 3.05) is 11.9 Å². The maximum Gasteiger partial charge on any atom is 0.335 e. The molecule has 0 atom stereocenters. The molecule has 1 aromatic carbocycles. The van der Waals surface area contributed by atoms with E-state index in [4.69, 9.17) is 5.11 Å². The van der Waals surface area contributed by atoms with E-state index in [-0.39, 0.29) is 11.6 Å². The van der Waals surface area contributed by atoms with Crippen molar-refractivity contribution in [1.29, 1.82) is 0 Å². The lowest BCUT2D eigenvalue weighted by Crippen LogP contribution is -2.35. The standard InChI is InChI=1S/C13H16N2O3/c16-12(17)10-5-2-6-11(7-10)15-13(18)14-8-9-3-1-4-9/h2,5-7,9H,1,3-4,8H2,(H,16,17)(H2,14,15,18). The summed E-state index contributed by atoms with van der Waals surface area (Å²) in [5, 5.41) is 14.2. The minimum atomic E-state index is -1.01. The highest BCUT2D eigenvalue weighted by Crippen LogP contribution is 2.25. The Kier molecular flexibility index (Phi) is 3.82. The first-order chi connectivity index (χ1) is 8.65. The Labute approximate surface area is 105 Å². The molecule has 2 rings (SSSR count). The van der Waals surface area contributed by atoms with Crippen molar-refractivity contribution in [3.8, 4) is 0 Å². The van der Waals surface area contributed by atoms with Crippen LogP contribution in [0.5, 0.6) is 0 Å². The van der Waals surface area contributed by atoms with E-state index in [9.17, 15) is 9.59 Å². The van der Waals surface area contributed by atoms with Crippen LogP contribution in [0.1, 0.15) is 29.6 Å². The summed E-state index contributed by atoms with van der Waals surface area (Å²) in [4.78, 5) is 22.3. The number of carboxylic acid groups (broad SMARTS) is 1. The molecule has 18 heavy (non-hydrogen) atoms. The second kappa shape index (κ2) is 5.53. The molecule has 3 N–H and O–H groups in total. The van der Waals surface area contributed by atoms with Crippen LogP contribution in [0.4, 0.5) is 10.5 Å². The Bertz CT molecular complexity index is 455. The van der Waals surface area contributed by atoms with E-state index in [1.165, 1.54) is 31.4 Å². The fourth-order valence-electron chi connectivity index (χ4n) is 1.84. The summed E-state index contributed by atoms with van der Waals surface area (Å²) in [6.07, 6.45) is 3.60. The average Bonchev–Trinajstić information content (AvgIpc) is 2.27. The lowest BCUT2D eigenvalue weighted by Gasteiger charge is -2.25. The highest BCUT2D eigenvalue weighted by atomic mass is 16.4. The first-order valence-corrected chi connectivity index (χ1v) is 6.03. The molecule has 1 fully saturated rings. The van der Waals surface area contributed by atoms with Crippen molar-refractivity contribution >= 4 is 17.7 Å². The molecule has 1 aliphatic carbocycles. The molecule has 0 spiro atoms. The van der Waals surface area contributed by atoms with Crippen LogP contribution in [0.25, 0.3) is 0 Å². The van der Waals surface area contributed by atoms with E-state index in [1.807, 2.05) is 0 Å². The summed E-state index contributed by atoms with van der Waals surface area (Å²) in [6.45, 7) is 0.685. The van der Waals surface area contributed by atoms with Gasteiger partial charge in [-0.1, -0.05) is 12.5 Å². The van der Waals surface area contributed by atoms with Crippen LogP contribution >= 0.6 is 0 Å². The van der Waals surface area contributed by atoms with Crippen LogP contribution in [0, 0.1) is 5.92 Å². The Hall–Kier alpha value is -2.04. The van der Waals surface area contributed by atoms with Crippen LogP contribution in [0.15, 0.2) is 24.3 Å². The second-order valence-corrected chi connectivity index (χ2v) is 4.52. The number of rotatable bonds is 4. The Morgan fingerprint density at radius 2 is 2.11 bits per heavy atom. The maximum atomic E-state index is 11.6. The van der Waals surface area contributed by atoms with Gasteiger partial charge in [-0.2, -0.15) is 0 Å². The van der Waals surface area contributed by atoms with Crippen LogP contribution < -0.4 is 10.6 Å². The lowest BCUT2D eigenvalue weighted by atomic mass is 9.85. The zero-order valence-electron chi connectivity index (χ0n) is 9.98. The van der Waals surface area contributed by atoms with Gasteiger partial charge in [0.2, 0.25) is 0 Å². The third kappa shape index (κ3) is 3.23. The van der Waals surface area contributed by atoms with Gasteiger partial charge < -0.3 is 15.7 Å². The predicted molar refractivity (Wildman–Crippen MR) is 67.8 cm³/mol. The number of hydrogen-bond donors (Lipinski definition) is 3. The summed E-state index contributed by atoms with van der Waals surface area (Å²) in [6, 6.07) is 5.90. The SMILES string of the molecule is O=C(NCC1CCC1)Nc1cccc(C(=O)O)c1. The number of carboxylic acids is 1. The number of urea groups is 1. The molecule has 0 aliphatic heterocycles. The zero-order valence-corrected chi connectivity index (χ0v) is 9.98. The minimum absolute atomic E-state index is 0.159. The van der Waals surface area contributed by atoms with Crippen molar-refractivity contribution in [2.24, 2.45) is 5.92 Å². The molecule has 0 unspecified atom stereocenters. The summed E-state index contributed by atoms with van der Waals surface area (Å²) < 4.78 is 0. The molecular weight excluding hydrogens is 232 g/mol. The number of carbonyl (C=O) groups excluding carboxylic acids is 1. The Morgan fingerprint density at radius 1 is 1.33 bits per heavy atom. The average molecular weight is 248 g/mol.